The van der Waals surface area contributed by atoms with Crippen LogP contribution in [0.5, 0.6) is 0 Å². The van der Waals surface area contributed by atoms with Gasteiger partial charge in [-0.2, -0.15) is 0 Å². The normalized spacial score (nSPS) is 14.0. The lowest BCUT2D eigenvalue weighted by Crippen LogP contribution is -2.56. The van der Waals surface area contributed by atoms with E-state index in [2.05, 4.69) is 5.32 Å². The highest BCUT2D eigenvalue weighted by Crippen LogP contribution is 2.21. The number of aliphatic hydroxyl groups excluding tert-OH is 1. The molecule has 0 saturated carbocycles. The summed E-state index contributed by atoms with van der Waals surface area (Å²) in [5.41, 5.74) is 7.46. The van der Waals surface area contributed by atoms with Gasteiger partial charge >= 0.3 is 0 Å². The molecule has 3 aromatic carbocycles. The topological polar surface area (TPSA) is 116 Å². The number of fused-ring (bicyclic) bond motifs is 1. The maximum atomic E-state index is 14.3. The van der Waals surface area contributed by atoms with Gasteiger partial charge in [0.15, 0.2) is 11.6 Å². The van der Waals surface area contributed by atoms with Crippen LogP contribution in [-0.2, 0) is 27.2 Å². The second kappa shape index (κ2) is 15.2. The Morgan fingerprint density at radius 2 is 1.51 bits per heavy atom. The van der Waals surface area contributed by atoms with Crippen LogP contribution in [0.3, 0.4) is 0 Å². The molecule has 45 heavy (non-hydrogen) atoms. The molecule has 0 fully saturated rings. The molecule has 242 valence electrons. The molecule has 3 amide bonds. The first-order valence-electron chi connectivity index (χ1n) is 14.9. The number of hydrogen-bond acceptors (Lipinski definition) is 5. The predicted molar refractivity (Wildman–Crippen MR) is 172 cm³/mol. The Bertz CT molecular complexity index is 1550. The van der Waals surface area contributed by atoms with E-state index in [9.17, 15) is 28.3 Å². The second-order valence-electron chi connectivity index (χ2n) is 12.5. The van der Waals surface area contributed by atoms with Crippen molar-refractivity contribution in [1.29, 1.82) is 0 Å². The van der Waals surface area contributed by atoms with E-state index in [-0.39, 0.29) is 19.4 Å². The Labute approximate surface area is 263 Å². The van der Waals surface area contributed by atoms with Crippen LogP contribution in [0.25, 0.3) is 10.8 Å². The highest BCUT2D eigenvalue weighted by molar-refractivity contribution is 5.95. The maximum absolute atomic E-state index is 14.3. The average molecular weight is 623 g/mol. The predicted octanol–water partition coefficient (Wildman–Crippen LogP) is 4.13. The van der Waals surface area contributed by atoms with Gasteiger partial charge in [0.05, 0.1) is 6.10 Å². The summed E-state index contributed by atoms with van der Waals surface area (Å²) < 4.78 is 27.7. The second-order valence-corrected chi connectivity index (χ2v) is 12.5. The summed E-state index contributed by atoms with van der Waals surface area (Å²) in [6, 6.07) is 14.7. The Balaban J connectivity index is 2.01. The van der Waals surface area contributed by atoms with E-state index in [1.54, 1.807) is 6.92 Å². The third-order valence-electron chi connectivity index (χ3n) is 7.55. The standard InChI is InChI=1S/C35H44F2N4O4/c1-22(20-35(3,4)38)15-32(43)40(5)31(19-24-11-13-26-9-7-8-10-27(26)16-24)34(45)41(6)30(33(44)39-21-23(2)42)18-25-12-14-28(36)29(37)17-25/h7-17,23,30-31,42H,18-21,38H2,1-6H3,(H,39,44)/b22-15+/t23-,30-,31-/m1/s1. The Kier molecular flexibility index (Phi) is 12.0. The van der Waals surface area contributed by atoms with Gasteiger partial charge in [0.25, 0.3) is 0 Å². The van der Waals surface area contributed by atoms with Crippen LogP contribution in [0.1, 0.15) is 45.2 Å². The minimum absolute atomic E-state index is 0.0738. The number of aliphatic hydroxyl groups is 1. The fourth-order valence-electron chi connectivity index (χ4n) is 5.26. The number of carbonyl (C=O) groups excluding carboxylic acids is 3. The summed E-state index contributed by atoms with van der Waals surface area (Å²) in [6.45, 7) is 6.94. The molecule has 0 aromatic heterocycles. The molecule has 0 aliphatic rings. The Hall–Kier alpha value is -4.15. The van der Waals surface area contributed by atoms with Crippen LogP contribution in [0.4, 0.5) is 8.78 Å². The zero-order valence-corrected chi connectivity index (χ0v) is 26.8. The highest BCUT2D eigenvalue weighted by atomic mass is 19.2. The molecule has 0 heterocycles. The molecule has 0 unspecified atom stereocenters. The van der Waals surface area contributed by atoms with Crippen molar-refractivity contribution in [2.75, 3.05) is 20.6 Å². The molecule has 3 atom stereocenters. The molecule has 10 heteroatoms. The summed E-state index contributed by atoms with van der Waals surface area (Å²) >= 11 is 0. The number of halogens is 2. The van der Waals surface area contributed by atoms with Crippen LogP contribution < -0.4 is 11.1 Å². The number of nitrogens with zero attached hydrogens (tertiary/aromatic N) is 2. The number of likely N-dealkylation sites (N-methyl/N-ethyl adjacent to an activating group) is 2. The smallest absolute Gasteiger partial charge is 0.246 e. The minimum Gasteiger partial charge on any atom is -0.392 e. The number of nitrogens with one attached hydrogen (secondary N) is 1. The average Bonchev–Trinajstić information content (AvgIpc) is 2.97. The first-order valence-corrected chi connectivity index (χ1v) is 14.9. The van der Waals surface area contributed by atoms with Crippen molar-refractivity contribution in [2.24, 2.45) is 5.73 Å². The Morgan fingerprint density at radius 1 is 0.911 bits per heavy atom. The van der Waals surface area contributed by atoms with E-state index in [1.807, 2.05) is 56.3 Å². The molecule has 3 rings (SSSR count). The molecular weight excluding hydrogens is 578 g/mol. The SMILES string of the molecule is C/C(=C\C(=O)N(C)[C@H](Cc1ccc2ccccc2c1)C(=O)N(C)[C@H](Cc1ccc(F)c(F)c1)C(=O)NC[C@@H](C)O)CC(C)(C)N. The molecule has 0 saturated heterocycles. The van der Waals surface area contributed by atoms with Crippen LogP contribution in [0, 0.1) is 11.6 Å². The van der Waals surface area contributed by atoms with Crippen molar-refractivity contribution in [2.45, 2.75) is 70.7 Å². The molecule has 0 aliphatic heterocycles. The molecule has 4 N–H and O–H groups in total. The van der Waals surface area contributed by atoms with Crippen molar-refractivity contribution in [3.05, 3.63) is 95.1 Å². The molecule has 0 bridgehead atoms. The van der Waals surface area contributed by atoms with E-state index in [1.165, 1.54) is 43.0 Å². The number of carbonyl (C=O) groups is 3. The van der Waals surface area contributed by atoms with E-state index < -0.39 is 53.1 Å². The fraction of sp³-hybridized carbons (Fsp3) is 0.400. The van der Waals surface area contributed by atoms with Crippen LogP contribution in [0.15, 0.2) is 72.3 Å². The summed E-state index contributed by atoms with van der Waals surface area (Å²) in [4.78, 5) is 43.8. The number of rotatable bonds is 13. The van der Waals surface area contributed by atoms with E-state index >= 15 is 0 Å². The summed E-state index contributed by atoms with van der Waals surface area (Å²) in [5, 5.41) is 14.4. The molecule has 3 aromatic rings. The van der Waals surface area contributed by atoms with Gasteiger partial charge in [0, 0.05) is 45.1 Å². The monoisotopic (exact) mass is 622 g/mol. The van der Waals surface area contributed by atoms with Gasteiger partial charge < -0.3 is 26.0 Å². The van der Waals surface area contributed by atoms with Crippen LogP contribution in [-0.4, -0.2) is 77.0 Å². The summed E-state index contributed by atoms with van der Waals surface area (Å²) in [5.74, 6) is -3.62. The molecule has 8 nitrogen and oxygen atoms in total. The summed E-state index contributed by atoms with van der Waals surface area (Å²) in [6.07, 6.45) is 1.10. The van der Waals surface area contributed by atoms with E-state index in [0.717, 1.165) is 34.0 Å². The third kappa shape index (κ3) is 10.2. The number of nitrogens with two attached hydrogens (primary N) is 1. The molecule has 0 aliphatic carbocycles. The summed E-state index contributed by atoms with van der Waals surface area (Å²) in [7, 11) is 2.98. The maximum Gasteiger partial charge on any atom is 0.246 e. The lowest BCUT2D eigenvalue weighted by atomic mass is 9.96. The van der Waals surface area contributed by atoms with Crippen molar-refractivity contribution in [3.63, 3.8) is 0 Å². The lowest BCUT2D eigenvalue weighted by molar-refractivity contribution is -0.146. The van der Waals surface area contributed by atoms with Gasteiger partial charge in [0.1, 0.15) is 12.1 Å². The zero-order valence-electron chi connectivity index (χ0n) is 26.8. The number of amides is 3. The molecular formula is C35H44F2N4O4. The van der Waals surface area contributed by atoms with Crippen molar-refractivity contribution in [3.8, 4) is 0 Å². The Morgan fingerprint density at radius 3 is 2.13 bits per heavy atom. The van der Waals surface area contributed by atoms with E-state index in [4.69, 9.17) is 5.73 Å². The van der Waals surface area contributed by atoms with Gasteiger partial charge in [0.2, 0.25) is 17.7 Å². The largest absolute Gasteiger partial charge is 0.392 e. The van der Waals surface area contributed by atoms with Gasteiger partial charge in [-0.1, -0.05) is 54.1 Å². The number of hydrogen-bond donors (Lipinski definition) is 3. The van der Waals surface area contributed by atoms with Crippen molar-refractivity contribution < 1.29 is 28.3 Å². The third-order valence-corrected chi connectivity index (χ3v) is 7.55. The highest BCUT2D eigenvalue weighted by Gasteiger charge is 2.35. The van der Waals surface area contributed by atoms with Gasteiger partial charge in [-0.05, 0) is 68.1 Å². The first-order chi connectivity index (χ1) is 21.1. The first kappa shape index (κ1) is 35.3. The lowest BCUT2D eigenvalue weighted by Gasteiger charge is -2.34. The number of benzene rings is 3. The minimum atomic E-state index is -1.15. The van der Waals surface area contributed by atoms with Crippen molar-refractivity contribution >= 4 is 28.5 Å². The van der Waals surface area contributed by atoms with Crippen LogP contribution in [0.2, 0.25) is 0 Å². The van der Waals surface area contributed by atoms with Gasteiger partial charge in [-0.25, -0.2) is 8.78 Å². The molecule has 0 spiro atoms. The molecule has 0 radical (unpaired) electrons. The fourth-order valence-corrected chi connectivity index (χ4v) is 5.26. The zero-order chi connectivity index (χ0) is 33.5. The quantitative estimate of drug-likeness (QED) is 0.248. The van der Waals surface area contributed by atoms with Gasteiger partial charge in [-0.15, -0.1) is 0 Å². The van der Waals surface area contributed by atoms with Crippen LogP contribution >= 0.6 is 0 Å². The van der Waals surface area contributed by atoms with Gasteiger partial charge in [-0.3, -0.25) is 14.4 Å². The van der Waals surface area contributed by atoms with E-state index in [0.29, 0.717) is 12.0 Å². The van der Waals surface area contributed by atoms with Crippen molar-refractivity contribution in [1.82, 2.24) is 15.1 Å².